The topological polar surface area (TPSA) is 95.5 Å². The first kappa shape index (κ1) is 14.9. The van der Waals surface area contributed by atoms with Crippen LogP contribution < -0.4 is 10.4 Å². The summed E-state index contributed by atoms with van der Waals surface area (Å²) in [5.74, 6) is 0.313. The van der Waals surface area contributed by atoms with E-state index >= 15 is 0 Å². The summed E-state index contributed by atoms with van der Waals surface area (Å²) in [6, 6.07) is 11.6. The number of rotatable bonds is 2. The van der Waals surface area contributed by atoms with Crippen molar-refractivity contribution in [1.82, 2.24) is 10.1 Å². The van der Waals surface area contributed by atoms with E-state index in [1.54, 1.807) is 28.9 Å². The molecule has 0 bridgehead atoms. The largest absolute Gasteiger partial charge is 0.464 e. The monoisotopic (exact) mass is 334 g/mol. The van der Waals surface area contributed by atoms with E-state index in [-0.39, 0.29) is 17.2 Å². The number of hydrogen-bond acceptors (Lipinski definition) is 4. The summed E-state index contributed by atoms with van der Waals surface area (Å²) in [5.41, 5.74) is 8.89. The average molecular weight is 334 g/mol. The van der Waals surface area contributed by atoms with Gasteiger partial charge in [0.05, 0.1) is 17.5 Å². The Morgan fingerprint density at radius 3 is 2.68 bits per heavy atom. The molecule has 0 fully saturated rings. The van der Waals surface area contributed by atoms with Crippen LogP contribution in [-0.4, -0.2) is 10.1 Å². The maximum absolute atomic E-state index is 13.2. The molecule has 3 aromatic heterocycles. The van der Waals surface area contributed by atoms with Crippen molar-refractivity contribution in [3.05, 3.63) is 59.7 Å². The Morgan fingerprint density at radius 2 is 2.04 bits per heavy atom. The van der Waals surface area contributed by atoms with Gasteiger partial charge in [-0.1, -0.05) is 0 Å². The van der Waals surface area contributed by atoms with Crippen LogP contribution in [0.15, 0.2) is 47.1 Å². The molecule has 0 aliphatic heterocycles. The van der Waals surface area contributed by atoms with Gasteiger partial charge in [-0.2, -0.15) is 5.26 Å². The Kier molecular flexibility index (Phi) is 3.25. The van der Waals surface area contributed by atoms with Crippen molar-refractivity contribution in [3.63, 3.8) is 0 Å². The first-order valence-electron chi connectivity index (χ1n) is 7.54. The lowest BCUT2D eigenvalue weighted by molar-refractivity contribution is -0.632. The number of nitriles is 1. The SMILES string of the molecule is Cc1[nH][n+](-c2ccc(F)cc2)c2nc(N)c(C#N)c(-c3ccco3)c12. The number of aryl methyl sites for hydroxylation is 1. The van der Waals surface area contributed by atoms with Gasteiger partial charge in [-0.05, 0) is 48.3 Å². The van der Waals surface area contributed by atoms with Crippen molar-refractivity contribution in [2.24, 2.45) is 0 Å². The van der Waals surface area contributed by atoms with Crippen LogP contribution in [0.3, 0.4) is 0 Å². The molecule has 4 rings (SSSR count). The quantitative estimate of drug-likeness (QED) is 0.551. The Morgan fingerprint density at radius 1 is 1.28 bits per heavy atom. The predicted molar refractivity (Wildman–Crippen MR) is 89.2 cm³/mol. The summed E-state index contributed by atoms with van der Waals surface area (Å²) in [7, 11) is 0. The number of nitrogens with zero attached hydrogens (tertiary/aromatic N) is 3. The molecular formula is C18H13FN5O+. The van der Waals surface area contributed by atoms with Crippen LogP contribution >= 0.6 is 0 Å². The van der Waals surface area contributed by atoms with Crippen molar-refractivity contribution < 1.29 is 13.5 Å². The van der Waals surface area contributed by atoms with Crippen molar-refractivity contribution in [3.8, 4) is 23.1 Å². The van der Waals surface area contributed by atoms with Gasteiger partial charge in [0.2, 0.25) is 0 Å². The van der Waals surface area contributed by atoms with E-state index in [0.717, 1.165) is 11.1 Å². The Hall–Kier alpha value is -3.66. The molecule has 0 amide bonds. The predicted octanol–water partition coefficient (Wildman–Crippen LogP) is 3.00. The highest BCUT2D eigenvalue weighted by Crippen LogP contribution is 2.34. The number of halogens is 1. The molecule has 0 saturated heterocycles. The molecule has 0 spiro atoms. The summed E-state index contributed by atoms with van der Waals surface area (Å²) >= 11 is 0. The number of anilines is 1. The fraction of sp³-hybridized carbons (Fsp3) is 0.0556. The van der Waals surface area contributed by atoms with E-state index in [9.17, 15) is 9.65 Å². The number of furan rings is 1. The average Bonchev–Trinajstić information content (AvgIpc) is 3.23. The fourth-order valence-corrected chi connectivity index (χ4v) is 2.94. The highest BCUT2D eigenvalue weighted by atomic mass is 19.1. The third kappa shape index (κ3) is 2.23. The maximum atomic E-state index is 13.2. The van der Waals surface area contributed by atoms with E-state index in [1.165, 1.54) is 18.4 Å². The van der Waals surface area contributed by atoms with Gasteiger partial charge in [-0.15, -0.1) is 4.68 Å². The van der Waals surface area contributed by atoms with Gasteiger partial charge in [0, 0.05) is 0 Å². The minimum Gasteiger partial charge on any atom is -0.464 e. The van der Waals surface area contributed by atoms with Gasteiger partial charge < -0.3 is 10.2 Å². The second-order valence-electron chi connectivity index (χ2n) is 5.58. The van der Waals surface area contributed by atoms with Crippen molar-refractivity contribution in [2.45, 2.75) is 6.92 Å². The molecule has 0 unspecified atom stereocenters. The summed E-state index contributed by atoms with van der Waals surface area (Å²) < 4.78 is 20.4. The standard InChI is InChI=1S/C18H12FN5O/c1-10-15-16(14-3-2-8-25-14)13(9-20)17(21)22-18(15)24(23-10)12-6-4-11(19)5-7-12/h2-8H,1H3,(H2,21,22,23)/p+1. The molecule has 0 aliphatic rings. The molecule has 0 atom stereocenters. The number of nitrogens with two attached hydrogens (primary N) is 1. The van der Waals surface area contributed by atoms with Crippen LogP contribution in [-0.2, 0) is 0 Å². The number of H-pyrrole nitrogens is 1. The van der Waals surface area contributed by atoms with Crippen LogP contribution in [0.4, 0.5) is 10.2 Å². The van der Waals surface area contributed by atoms with E-state index in [0.29, 0.717) is 22.7 Å². The second kappa shape index (κ2) is 5.46. The number of hydrogen-bond donors (Lipinski definition) is 2. The van der Waals surface area contributed by atoms with Gasteiger partial charge in [-0.25, -0.2) is 9.49 Å². The Labute approximate surface area is 141 Å². The molecule has 25 heavy (non-hydrogen) atoms. The summed E-state index contributed by atoms with van der Waals surface area (Å²) in [5, 5.41) is 13.5. The van der Waals surface area contributed by atoms with Crippen LogP contribution in [0.25, 0.3) is 28.0 Å². The van der Waals surface area contributed by atoms with Crippen LogP contribution in [0.1, 0.15) is 11.3 Å². The van der Waals surface area contributed by atoms with Crippen LogP contribution in [0.2, 0.25) is 0 Å². The molecule has 4 aromatic rings. The van der Waals surface area contributed by atoms with E-state index in [1.807, 2.05) is 6.92 Å². The molecule has 6 nitrogen and oxygen atoms in total. The number of aromatic amines is 1. The number of nitrogens with one attached hydrogen (secondary N) is 1. The van der Waals surface area contributed by atoms with E-state index < -0.39 is 0 Å². The van der Waals surface area contributed by atoms with Gasteiger partial charge in [0.25, 0.3) is 5.82 Å². The summed E-state index contributed by atoms with van der Waals surface area (Å²) in [6.45, 7) is 1.87. The number of fused-ring (bicyclic) bond motifs is 1. The number of aromatic nitrogens is 3. The van der Waals surface area contributed by atoms with Crippen molar-refractivity contribution in [1.29, 1.82) is 5.26 Å². The molecule has 3 N–H and O–H groups in total. The van der Waals surface area contributed by atoms with E-state index in [4.69, 9.17) is 10.2 Å². The van der Waals surface area contributed by atoms with Crippen LogP contribution in [0.5, 0.6) is 0 Å². The first-order chi connectivity index (χ1) is 12.1. The second-order valence-corrected chi connectivity index (χ2v) is 5.58. The molecule has 0 radical (unpaired) electrons. The zero-order chi connectivity index (χ0) is 17.6. The first-order valence-corrected chi connectivity index (χ1v) is 7.54. The summed E-state index contributed by atoms with van der Waals surface area (Å²) in [4.78, 5) is 4.39. The zero-order valence-corrected chi connectivity index (χ0v) is 13.2. The zero-order valence-electron chi connectivity index (χ0n) is 13.2. The van der Waals surface area contributed by atoms with Gasteiger partial charge >= 0.3 is 5.65 Å². The van der Waals surface area contributed by atoms with Gasteiger partial charge in [0.15, 0.2) is 5.69 Å². The van der Waals surface area contributed by atoms with Gasteiger partial charge in [0.1, 0.15) is 28.6 Å². The highest BCUT2D eigenvalue weighted by molar-refractivity contribution is 5.97. The lowest BCUT2D eigenvalue weighted by atomic mass is 10.0. The minimum atomic E-state index is -0.326. The maximum Gasteiger partial charge on any atom is 0.359 e. The number of pyridine rings is 1. The smallest absolute Gasteiger partial charge is 0.359 e. The molecule has 1 aromatic carbocycles. The van der Waals surface area contributed by atoms with Crippen LogP contribution in [0, 0.1) is 24.1 Å². The lowest BCUT2D eigenvalue weighted by Gasteiger charge is -2.02. The molecule has 3 heterocycles. The molecular weight excluding hydrogens is 321 g/mol. The Balaban J connectivity index is 2.11. The normalized spacial score (nSPS) is 10.9. The molecule has 0 aliphatic carbocycles. The van der Waals surface area contributed by atoms with Gasteiger partial charge in [-0.3, -0.25) is 0 Å². The fourth-order valence-electron chi connectivity index (χ4n) is 2.94. The Bertz CT molecular complexity index is 1120. The highest BCUT2D eigenvalue weighted by Gasteiger charge is 2.28. The molecule has 7 heteroatoms. The lowest BCUT2D eigenvalue weighted by Crippen LogP contribution is -2.33. The van der Waals surface area contributed by atoms with Crippen molar-refractivity contribution >= 4 is 16.9 Å². The summed E-state index contributed by atoms with van der Waals surface area (Å²) in [6.07, 6.45) is 1.54. The third-order valence-corrected chi connectivity index (χ3v) is 4.04. The molecule has 122 valence electrons. The third-order valence-electron chi connectivity index (χ3n) is 4.04. The van der Waals surface area contributed by atoms with Crippen molar-refractivity contribution in [2.75, 3.05) is 5.73 Å². The number of nitrogen functional groups attached to an aromatic ring is 1. The number of benzene rings is 1. The van der Waals surface area contributed by atoms with E-state index in [2.05, 4.69) is 16.2 Å². The molecule has 0 saturated carbocycles. The minimum absolute atomic E-state index is 0.108.